The van der Waals surface area contributed by atoms with Gasteiger partial charge in [0.05, 0.1) is 19.1 Å². The predicted octanol–water partition coefficient (Wildman–Crippen LogP) is 0.827. The average Bonchev–Trinajstić information content (AvgIpc) is 2.97. The number of carbonyl (C=O) groups excluding carboxylic acids is 1. The molecule has 3 aliphatic rings. The van der Waals surface area contributed by atoms with Crippen molar-refractivity contribution in [2.45, 2.75) is 50.6 Å². The minimum atomic E-state index is -0.313. The van der Waals surface area contributed by atoms with Crippen molar-refractivity contribution < 1.29 is 9.53 Å². The molecular weight excluding hydrogens is 266 g/mol. The van der Waals surface area contributed by atoms with Gasteiger partial charge in [0.15, 0.2) is 0 Å². The lowest BCUT2D eigenvalue weighted by molar-refractivity contribution is -0.138. The van der Waals surface area contributed by atoms with Crippen LogP contribution < -0.4 is 5.73 Å². The topological polar surface area (TPSA) is 58.8 Å². The van der Waals surface area contributed by atoms with E-state index in [-0.39, 0.29) is 11.5 Å². The summed E-state index contributed by atoms with van der Waals surface area (Å²) in [5.41, 5.74) is 6.08. The Kier molecular flexibility index (Phi) is 4.52. The van der Waals surface area contributed by atoms with Crippen LogP contribution in [0.2, 0.25) is 0 Å². The molecular formula is C16H29N3O2. The molecule has 3 rings (SSSR count). The van der Waals surface area contributed by atoms with E-state index in [9.17, 15) is 4.79 Å². The third kappa shape index (κ3) is 3.25. The molecule has 1 saturated carbocycles. The third-order valence-corrected chi connectivity index (χ3v) is 5.59. The van der Waals surface area contributed by atoms with Gasteiger partial charge in [-0.1, -0.05) is 12.8 Å². The number of ether oxygens (including phenoxy) is 1. The molecule has 5 nitrogen and oxygen atoms in total. The number of amides is 1. The molecule has 2 N–H and O–H groups in total. The molecule has 2 aliphatic heterocycles. The summed E-state index contributed by atoms with van der Waals surface area (Å²) in [6.07, 6.45) is 5.34. The van der Waals surface area contributed by atoms with E-state index < -0.39 is 0 Å². The quantitative estimate of drug-likeness (QED) is 0.820. The number of carbonyl (C=O) groups is 1. The van der Waals surface area contributed by atoms with Gasteiger partial charge in [0, 0.05) is 37.8 Å². The van der Waals surface area contributed by atoms with E-state index in [1.165, 1.54) is 0 Å². The van der Waals surface area contributed by atoms with Gasteiger partial charge in [0.2, 0.25) is 5.91 Å². The zero-order chi connectivity index (χ0) is 14.9. The third-order valence-electron chi connectivity index (χ3n) is 5.59. The van der Waals surface area contributed by atoms with E-state index >= 15 is 0 Å². The summed E-state index contributed by atoms with van der Waals surface area (Å²) in [6.45, 7) is 7.50. The molecule has 3 fully saturated rings. The van der Waals surface area contributed by atoms with Crippen LogP contribution in [0.3, 0.4) is 0 Å². The van der Waals surface area contributed by atoms with Crippen molar-refractivity contribution in [1.29, 1.82) is 0 Å². The first-order chi connectivity index (χ1) is 10.1. The molecule has 0 aromatic rings. The van der Waals surface area contributed by atoms with Crippen LogP contribution in [0, 0.1) is 5.92 Å². The second kappa shape index (κ2) is 6.23. The van der Waals surface area contributed by atoms with E-state index in [1.54, 1.807) is 0 Å². The zero-order valence-corrected chi connectivity index (χ0v) is 13.2. The van der Waals surface area contributed by atoms with Crippen LogP contribution in [0.1, 0.15) is 39.0 Å². The molecule has 3 unspecified atom stereocenters. The first kappa shape index (κ1) is 15.3. The molecule has 0 bridgehead atoms. The van der Waals surface area contributed by atoms with E-state index in [4.69, 9.17) is 10.5 Å². The largest absolute Gasteiger partial charge is 0.379 e. The second-order valence-corrected chi connectivity index (χ2v) is 7.18. The van der Waals surface area contributed by atoms with Gasteiger partial charge in [-0.05, 0) is 26.2 Å². The van der Waals surface area contributed by atoms with Crippen molar-refractivity contribution in [3.05, 3.63) is 0 Å². The Morgan fingerprint density at radius 2 is 1.95 bits per heavy atom. The number of likely N-dealkylation sites (tertiary alicyclic amines) is 1. The van der Waals surface area contributed by atoms with Crippen LogP contribution in [-0.2, 0) is 9.53 Å². The van der Waals surface area contributed by atoms with E-state index in [0.717, 1.165) is 71.5 Å². The minimum Gasteiger partial charge on any atom is -0.379 e. The SMILES string of the molecule is CC1(N)CCCCC1C(=O)N1CCC(N2CCOCC2)C1. The van der Waals surface area contributed by atoms with Crippen LogP contribution in [0.5, 0.6) is 0 Å². The summed E-state index contributed by atoms with van der Waals surface area (Å²) >= 11 is 0. The monoisotopic (exact) mass is 295 g/mol. The van der Waals surface area contributed by atoms with E-state index in [1.807, 2.05) is 0 Å². The maximum Gasteiger partial charge on any atom is 0.227 e. The maximum atomic E-state index is 12.8. The van der Waals surface area contributed by atoms with Gasteiger partial charge in [0.25, 0.3) is 0 Å². The summed E-state index contributed by atoms with van der Waals surface area (Å²) < 4.78 is 5.42. The summed E-state index contributed by atoms with van der Waals surface area (Å²) in [6, 6.07) is 0.519. The predicted molar refractivity (Wildman–Crippen MR) is 81.9 cm³/mol. The summed E-state index contributed by atoms with van der Waals surface area (Å²) in [5, 5.41) is 0. The van der Waals surface area contributed by atoms with Crippen LogP contribution in [0.4, 0.5) is 0 Å². The Balaban J connectivity index is 1.58. The molecule has 2 saturated heterocycles. The maximum absolute atomic E-state index is 12.8. The van der Waals surface area contributed by atoms with Gasteiger partial charge in [-0.3, -0.25) is 9.69 Å². The molecule has 120 valence electrons. The van der Waals surface area contributed by atoms with Gasteiger partial charge < -0.3 is 15.4 Å². The van der Waals surface area contributed by atoms with Crippen molar-refractivity contribution >= 4 is 5.91 Å². The first-order valence-electron chi connectivity index (χ1n) is 8.47. The molecule has 0 aromatic heterocycles. The molecule has 3 atom stereocenters. The minimum absolute atomic E-state index is 0.0229. The number of hydrogen-bond acceptors (Lipinski definition) is 4. The Morgan fingerprint density at radius 1 is 1.19 bits per heavy atom. The fourth-order valence-electron chi connectivity index (χ4n) is 4.17. The first-order valence-corrected chi connectivity index (χ1v) is 8.47. The lowest BCUT2D eigenvalue weighted by Crippen LogP contribution is -2.54. The van der Waals surface area contributed by atoms with Crippen molar-refractivity contribution in [2.24, 2.45) is 11.7 Å². The van der Waals surface area contributed by atoms with E-state index in [0.29, 0.717) is 11.9 Å². The summed E-state index contributed by atoms with van der Waals surface area (Å²) in [7, 11) is 0. The van der Waals surface area contributed by atoms with Crippen LogP contribution in [-0.4, -0.2) is 66.7 Å². The molecule has 5 heteroatoms. The number of nitrogens with two attached hydrogens (primary N) is 1. The second-order valence-electron chi connectivity index (χ2n) is 7.18. The molecule has 21 heavy (non-hydrogen) atoms. The van der Waals surface area contributed by atoms with Crippen LogP contribution in [0.15, 0.2) is 0 Å². The van der Waals surface area contributed by atoms with Crippen LogP contribution >= 0.6 is 0 Å². The highest BCUT2D eigenvalue weighted by Gasteiger charge is 2.42. The number of nitrogens with zero attached hydrogens (tertiary/aromatic N) is 2. The number of rotatable bonds is 2. The highest BCUT2D eigenvalue weighted by molar-refractivity contribution is 5.80. The van der Waals surface area contributed by atoms with Gasteiger partial charge >= 0.3 is 0 Å². The van der Waals surface area contributed by atoms with Crippen LogP contribution in [0.25, 0.3) is 0 Å². The van der Waals surface area contributed by atoms with Crippen molar-refractivity contribution in [3.8, 4) is 0 Å². The Bertz CT molecular complexity index is 380. The smallest absolute Gasteiger partial charge is 0.227 e. The Morgan fingerprint density at radius 3 is 2.67 bits per heavy atom. The molecule has 0 aromatic carbocycles. The van der Waals surface area contributed by atoms with Crippen molar-refractivity contribution in [1.82, 2.24) is 9.80 Å². The molecule has 2 heterocycles. The average molecular weight is 295 g/mol. The number of morpholine rings is 1. The summed E-state index contributed by atoms with van der Waals surface area (Å²) in [4.78, 5) is 17.4. The highest BCUT2D eigenvalue weighted by Crippen LogP contribution is 2.34. The standard InChI is InChI=1S/C16H29N3O2/c1-16(17)6-3-2-4-14(16)15(20)19-7-5-13(12-19)18-8-10-21-11-9-18/h13-14H,2-12,17H2,1H3. The Hall–Kier alpha value is -0.650. The summed E-state index contributed by atoms with van der Waals surface area (Å²) in [5.74, 6) is 0.324. The van der Waals surface area contributed by atoms with Gasteiger partial charge in [-0.15, -0.1) is 0 Å². The van der Waals surface area contributed by atoms with Crippen molar-refractivity contribution in [3.63, 3.8) is 0 Å². The lowest BCUT2D eigenvalue weighted by Gasteiger charge is -2.39. The van der Waals surface area contributed by atoms with E-state index in [2.05, 4.69) is 16.7 Å². The van der Waals surface area contributed by atoms with Gasteiger partial charge in [-0.25, -0.2) is 0 Å². The zero-order valence-electron chi connectivity index (χ0n) is 13.2. The fourth-order valence-corrected chi connectivity index (χ4v) is 4.17. The molecule has 0 radical (unpaired) electrons. The van der Waals surface area contributed by atoms with Gasteiger partial charge in [-0.2, -0.15) is 0 Å². The normalized spacial score (nSPS) is 38.7. The number of hydrogen-bond donors (Lipinski definition) is 1. The highest BCUT2D eigenvalue weighted by atomic mass is 16.5. The fraction of sp³-hybridized carbons (Fsp3) is 0.938. The van der Waals surface area contributed by atoms with Gasteiger partial charge in [0.1, 0.15) is 0 Å². The lowest BCUT2D eigenvalue weighted by atomic mass is 9.74. The molecule has 0 spiro atoms. The molecule has 1 aliphatic carbocycles. The Labute approximate surface area is 127 Å². The molecule has 1 amide bonds. The van der Waals surface area contributed by atoms with Crippen molar-refractivity contribution in [2.75, 3.05) is 39.4 Å².